The molecule has 9 heteroatoms. The normalized spacial score (nSPS) is 17.8. The number of amides is 1. The summed E-state index contributed by atoms with van der Waals surface area (Å²) in [5.74, 6) is -0.115. The average molecular weight is 421 g/mol. The molecule has 0 aliphatic carbocycles. The maximum Gasteiger partial charge on any atom is 0.246 e. The first kappa shape index (κ1) is 21.3. The molecule has 1 N–H and O–H groups in total. The Morgan fingerprint density at radius 3 is 2.93 bits per heavy atom. The van der Waals surface area contributed by atoms with Crippen molar-refractivity contribution >= 4 is 15.9 Å². The van der Waals surface area contributed by atoms with Crippen LogP contribution in [0.15, 0.2) is 41.8 Å². The minimum atomic E-state index is -3.73. The molecule has 2 heterocycles. The first-order chi connectivity index (χ1) is 13.9. The third-order valence-electron chi connectivity index (χ3n) is 5.14. The zero-order chi connectivity index (χ0) is 20.9. The van der Waals surface area contributed by atoms with Crippen LogP contribution in [0.25, 0.3) is 0 Å². The van der Waals surface area contributed by atoms with E-state index in [0.717, 1.165) is 18.5 Å². The summed E-state index contributed by atoms with van der Waals surface area (Å²) in [5, 5.41) is 2.94. The standard InChI is InChI=1S/C20H28N4O4S/c1-16-6-7-18(28-2)19(13-16)29(26,27)24-11-3-5-17(14-24)20(25)22-8-4-10-23-12-9-21-15-23/h6-7,9,12-13,15,17H,3-5,8,10-11,14H2,1-2H3,(H,22,25)/t17-/m1/s1. The molecule has 1 aromatic carbocycles. The molecule has 1 saturated heterocycles. The maximum atomic E-state index is 13.2. The quantitative estimate of drug-likeness (QED) is 0.658. The van der Waals surface area contributed by atoms with Crippen LogP contribution in [-0.4, -0.2) is 54.9 Å². The van der Waals surface area contributed by atoms with Gasteiger partial charge < -0.3 is 14.6 Å². The van der Waals surface area contributed by atoms with Gasteiger partial charge in [-0.25, -0.2) is 13.4 Å². The molecule has 1 aliphatic heterocycles. The summed E-state index contributed by atoms with van der Waals surface area (Å²) >= 11 is 0. The van der Waals surface area contributed by atoms with Crippen molar-refractivity contribution in [1.82, 2.24) is 19.2 Å². The van der Waals surface area contributed by atoms with Crippen molar-refractivity contribution in [2.75, 3.05) is 26.7 Å². The van der Waals surface area contributed by atoms with Gasteiger partial charge in [0.1, 0.15) is 10.6 Å². The largest absolute Gasteiger partial charge is 0.495 e. The van der Waals surface area contributed by atoms with Crippen LogP contribution < -0.4 is 10.1 Å². The van der Waals surface area contributed by atoms with Crippen molar-refractivity contribution in [2.45, 2.75) is 37.6 Å². The van der Waals surface area contributed by atoms with E-state index >= 15 is 0 Å². The van der Waals surface area contributed by atoms with E-state index < -0.39 is 10.0 Å². The van der Waals surface area contributed by atoms with E-state index in [1.54, 1.807) is 24.7 Å². The molecule has 0 radical (unpaired) electrons. The topological polar surface area (TPSA) is 93.5 Å². The van der Waals surface area contributed by atoms with Crippen molar-refractivity contribution in [1.29, 1.82) is 0 Å². The van der Waals surface area contributed by atoms with Crippen LogP contribution in [0.4, 0.5) is 0 Å². The number of nitrogens with zero attached hydrogens (tertiary/aromatic N) is 3. The summed E-state index contributed by atoms with van der Waals surface area (Å²) in [6, 6.07) is 5.10. The van der Waals surface area contributed by atoms with E-state index in [1.807, 2.05) is 23.8 Å². The highest BCUT2D eigenvalue weighted by atomic mass is 32.2. The second-order valence-corrected chi connectivity index (χ2v) is 9.21. The first-order valence-electron chi connectivity index (χ1n) is 9.80. The van der Waals surface area contributed by atoms with Crippen LogP contribution >= 0.6 is 0 Å². The number of sulfonamides is 1. The molecule has 0 spiro atoms. The number of carbonyl (C=O) groups is 1. The Morgan fingerprint density at radius 2 is 2.21 bits per heavy atom. The summed E-state index contributed by atoms with van der Waals surface area (Å²) in [4.78, 5) is 16.7. The molecule has 1 aromatic heterocycles. The van der Waals surface area contributed by atoms with Gasteiger partial charge in [0.15, 0.2) is 0 Å². The third kappa shape index (κ3) is 5.16. The molecule has 158 valence electrons. The molecule has 1 atom stereocenters. The Morgan fingerprint density at radius 1 is 1.38 bits per heavy atom. The predicted octanol–water partition coefficient (Wildman–Crippen LogP) is 1.81. The number of nitrogens with one attached hydrogen (secondary N) is 1. The zero-order valence-electron chi connectivity index (χ0n) is 16.9. The first-order valence-corrected chi connectivity index (χ1v) is 11.2. The zero-order valence-corrected chi connectivity index (χ0v) is 17.7. The smallest absolute Gasteiger partial charge is 0.246 e. The number of carbonyl (C=O) groups excluding carboxylic acids is 1. The fourth-order valence-corrected chi connectivity index (χ4v) is 5.30. The van der Waals surface area contributed by atoms with E-state index in [-0.39, 0.29) is 23.3 Å². The number of piperidine rings is 1. The van der Waals surface area contributed by atoms with Crippen molar-refractivity contribution in [3.63, 3.8) is 0 Å². The van der Waals surface area contributed by atoms with Gasteiger partial charge in [0.25, 0.3) is 0 Å². The second-order valence-electron chi connectivity index (χ2n) is 7.30. The van der Waals surface area contributed by atoms with Crippen molar-refractivity contribution in [3.8, 4) is 5.75 Å². The molecule has 1 aliphatic rings. The Hall–Kier alpha value is -2.39. The highest BCUT2D eigenvalue weighted by Crippen LogP contribution is 2.30. The van der Waals surface area contributed by atoms with Crippen LogP contribution in [-0.2, 0) is 21.4 Å². The monoisotopic (exact) mass is 420 g/mol. The molecule has 1 amide bonds. The average Bonchev–Trinajstić information content (AvgIpc) is 3.24. The van der Waals surface area contributed by atoms with E-state index in [2.05, 4.69) is 10.3 Å². The van der Waals surface area contributed by atoms with Crippen molar-refractivity contribution in [3.05, 3.63) is 42.5 Å². The van der Waals surface area contributed by atoms with E-state index in [9.17, 15) is 13.2 Å². The van der Waals surface area contributed by atoms with E-state index in [1.165, 1.54) is 11.4 Å². The maximum absolute atomic E-state index is 13.2. The van der Waals surface area contributed by atoms with Gasteiger partial charge in [0.2, 0.25) is 15.9 Å². The van der Waals surface area contributed by atoms with Crippen LogP contribution in [0.3, 0.4) is 0 Å². The Labute approximate surface area is 171 Å². The van der Waals surface area contributed by atoms with Gasteiger partial charge >= 0.3 is 0 Å². The van der Waals surface area contributed by atoms with Gasteiger partial charge in [-0.3, -0.25) is 4.79 Å². The fourth-order valence-electron chi connectivity index (χ4n) is 3.54. The van der Waals surface area contributed by atoms with Gasteiger partial charge in [-0.2, -0.15) is 4.31 Å². The van der Waals surface area contributed by atoms with Gasteiger partial charge in [0, 0.05) is 38.6 Å². The van der Waals surface area contributed by atoms with Gasteiger partial charge in [-0.05, 0) is 43.9 Å². The lowest BCUT2D eigenvalue weighted by Gasteiger charge is -2.31. The van der Waals surface area contributed by atoms with E-state index in [0.29, 0.717) is 31.7 Å². The van der Waals surface area contributed by atoms with Crippen LogP contribution in [0.1, 0.15) is 24.8 Å². The summed E-state index contributed by atoms with van der Waals surface area (Å²) < 4.78 is 35.0. The molecule has 0 unspecified atom stereocenters. The lowest BCUT2D eigenvalue weighted by atomic mass is 9.99. The number of benzene rings is 1. The van der Waals surface area contributed by atoms with Crippen molar-refractivity contribution < 1.29 is 17.9 Å². The second kappa shape index (κ2) is 9.41. The Balaban J connectivity index is 1.60. The minimum Gasteiger partial charge on any atom is -0.495 e. The summed E-state index contributed by atoms with van der Waals surface area (Å²) in [6.07, 6.45) is 7.47. The summed E-state index contributed by atoms with van der Waals surface area (Å²) in [5.41, 5.74) is 0.841. The molecular weight excluding hydrogens is 392 g/mol. The fraction of sp³-hybridized carbons (Fsp3) is 0.500. The SMILES string of the molecule is COc1ccc(C)cc1S(=O)(=O)N1CCC[C@@H](C(=O)NCCCn2ccnc2)C1. The lowest BCUT2D eigenvalue weighted by molar-refractivity contribution is -0.126. The molecular formula is C20H28N4O4S. The number of aryl methyl sites for hydroxylation is 2. The number of aromatic nitrogens is 2. The molecule has 0 bridgehead atoms. The number of imidazole rings is 1. The molecule has 0 saturated carbocycles. The highest BCUT2D eigenvalue weighted by molar-refractivity contribution is 7.89. The molecule has 3 rings (SSSR count). The molecule has 2 aromatic rings. The summed E-state index contributed by atoms with van der Waals surface area (Å²) in [6.45, 7) is 3.76. The van der Waals surface area contributed by atoms with Crippen LogP contribution in [0.2, 0.25) is 0 Å². The number of methoxy groups -OCH3 is 1. The minimum absolute atomic E-state index is 0.0910. The van der Waals surface area contributed by atoms with E-state index in [4.69, 9.17) is 4.74 Å². The number of ether oxygens (including phenoxy) is 1. The van der Waals surface area contributed by atoms with Crippen molar-refractivity contribution in [2.24, 2.45) is 5.92 Å². The molecule has 8 nitrogen and oxygen atoms in total. The lowest BCUT2D eigenvalue weighted by Crippen LogP contribution is -2.45. The predicted molar refractivity (Wildman–Crippen MR) is 109 cm³/mol. The Bertz CT molecular complexity index is 928. The number of hydrogen-bond donors (Lipinski definition) is 1. The summed E-state index contributed by atoms with van der Waals surface area (Å²) in [7, 11) is -2.27. The highest BCUT2D eigenvalue weighted by Gasteiger charge is 2.34. The van der Waals surface area contributed by atoms with Crippen LogP contribution in [0, 0.1) is 12.8 Å². The van der Waals surface area contributed by atoms with Gasteiger partial charge in [0.05, 0.1) is 19.4 Å². The number of hydrogen-bond acceptors (Lipinski definition) is 5. The Kier molecular flexibility index (Phi) is 6.92. The molecule has 1 fully saturated rings. The van der Waals surface area contributed by atoms with Gasteiger partial charge in [-0.1, -0.05) is 6.07 Å². The van der Waals surface area contributed by atoms with Crippen LogP contribution in [0.5, 0.6) is 5.75 Å². The van der Waals surface area contributed by atoms with Gasteiger partial charge in [-0.15, -0.1) is 0 Å². The molecule has 29 heavy (non-hydrogen) atoms. The number of rotatable bonds is 8. The third-order valence-corrected chi connectivity index (χ3v) is 7.03.